The summed E-state index contributed by atoms with van der Waals surface area (Å²) in [6.45, 7) is 4.27. The Kier molecular flexibility index (Phi) is 8.15. The van der Waals surface area contributed by atoms with Crippen LogP contribution in [0, 0.1) is 11.2 Å². The van der Waals surface area contributed by atoms with Gasteiger partial charge >= 0.3 is 0 Å². The number of ether oxygens (including phenoxy) is 1. The molecule has 2 saturated heterocycles. The van der Waals surface area contributed by atoms with Crippen LogP contribution in [0.2, 0.25) is 0 Å². The van der Waals surface area contributed by atoms with Crippen LogP contribution in [0.1, 0.15) is 31.4 Å². The Morgan fingerprint density at radius 1 is 1.18 bits per heavy atom. The maximum Gasteiger partial charge on any atom is 0.266 e. The Morgan fingerprint density at radius 3 is 2.53 bits per heavy atom. The van der Waals surface area contributed by atoms with Gasteiger partial charge in [0.05, 0.1) is 30.2 Å². The molecule has 10 heteroatoms. The first-order valence-corrected chi connectivity index (χ1v) is 12.8. The first-order chi connectivity index (χ1) is 18.0. The lowest BCUT2D eigenvalue weighted by atomic mass is 9.72. The number of nitrogens with one attached hydrogen (secondary N) is 2. The first-order valence-electron chi connectivity index (χ1n) is 12.8. The molecule has 0 radical (unpaired) electrons. The van der Waals surface area contributed by atoms with Crippen molar-refractivity contribution in [2.75, 3.05) is 26.7 Å². The van der Waals surface area contributed by atoms with Gasteiger partial charge in [0.25, 0.3) is 11.8 Å². The van der Waals surface area contributed by atoms with Crippen LogP contribution in [-0.4, -0.2) is 72.1 Å². The summed E-state index contributed by atoms with van der Waals surface area (Å²) in [5.41, 5.74) is 5.58. The van der Waals surface area contributed by atoms with E-state index in [1.165, 1.54) is 22.2 Å². The lowest BCUT2D eigenvalue weighted by Crippen LogP contribution is -2.61. The summed E-state index contributed by atoms with van der Waals surface area (Å²) < 4.78 is 19.4. The van der Waals surface area contributed by atoms with Crippen LogP contribution in [0.5, 0.6) is 0 Å². The van der Waals surface area contributed by atoms with E-state index in [9.17, 15) is 18.8 Å². The van der Waals surface area contributed by atoms with E-state index in [0.717, 1.165) is 11.1 Å². The zero-order valence-electron chi connectivity index (χ0n) is 22.1. The zero-order valence-corrected chi connectivity index (χ0v) is 22.1. The van der Waals surface area contributed by atoms with Gasteiger partial charge in [-0.2, -0.15) is 0 Å². The third-order valence-corrected chi connectivity index (χ3v) is 7.25. The minimum Gasteiger partial charge on any atom is -0.374 e. The third-order valence-electron chi connectivity index (χ3n) is 7.25. The van der Waals surface area contributed by atoms with Gasteiger partial charge < -0.3 is 21.1 Å². The molecule has 0 aliphatic carbocycles. The predicted molar refractivity (Wildman–Crippen MR) is 140 cm³/mol. The number of nitrogens with two attached hydrogens (primary N) is 1. The fourth-order valence-electron chi connectivity index (χ4n) is 5.22. The molecule has 0 aromatic heterocycles. The molecule has 3 amide bonds. The second-order valence-electron chi connectivity index (χ2n) is 10.7. The highest BCUT2D eigenvalue weighted by Crippen LogP contribution is 2.42. The number of rotatable bonds is 9. The Hall–Kier alpha value is -3.34. The monoisotopic (exact) mass is 525 g/mol. The average Bonchev–Trinajstić information content (AvgIpc) is 3.11. The minimum absolute atomic E-state index is 0.0932. The molecule has 2 aliphatic heterocycles. The molecule has 2 heterocycles. The van der Waals surface area contributed by atoms with Crippen molar-refractivity contribution in [1.29, 1.82) is 0 Å². The number of hydrogen-bond donors (Lipinski definition) is 3. The topological polar surface area (TPSA) is 117 Å². The number of halogens is 1. The van der Waals surface area contributed by atoms with Crippen LogP contribution in [0.4, 0.5) is 4.39 Å². The molecule has 0 bridgehead atoms. The molecular weight excluding hydrogens is 489 g/mol. The molecule has 2 aliphatic rings. The molecule has 2 fully saturated rings. The largest absolute Gasteiger partial charge is 0.374 e. The van der Waals surface area contributed by atoms with E-state index in [4.69, 9.17) is 10.5 Å². The minimum atomic E-state index is -1.22. The Labute approximate surface area is 222 Å². The number of hydrazine groups is 1. The number of nitrogens with zero attached hydrogens (tertiary/aromatic N) is 2. The van der Waals surface area contributed by atoms with Crippen molar-refractivity contribution in [1.82, 2.24) is 20.7 Å². The summed E-state index contributed by atoms with van der Waals surface area (Å²) in [4.78, 5) is 40.6. The van der Waals surface area contributed by atoms with Crippen LogP contribution in [0.15, 0.2) is 54.6 Å². The summed E-state index contributed by atoms with van der Waals surface area (Å²) in [6, 6.07) is 14.1. The molecule has 0 saturated carbocycles. The summed E-state index contributed by atoms with van der Waals surface area (Å²) in [6.07, 6.45) is 0.881. The maximum atomic E-state index is 14.0. The second-order valence-corrected chi connectivity index (χ2v) is 10.7. The van der Waals surface area contributed by atoms with E-state index in [0.29, 0.717) is 25.9 Å². The van der Waals surface area contributed by atoms with E-state index in [-0.39, 0.29) is 24.9 Å². The third kappa shape index (κ3) is 5.72. The Balaban J connectivity index is 1.59. The highest BCUT2D eigenvalue weighted by molar-refractivity contribution is 5.95. The molecule has 2 aromatic carbocycles. The van der Waals surface area contributed by atoms with Crippen molar-refractivity contribution in [2.45, 2.75) is 50.9 Å². The lowest BCUT2D eigenvalue weighted by molar-refractivity contribution is -0.158. The molecule has 2 aromatic rings. The first kappa shape index (κ1) is 27.7. The molecule has 4 rings (SSSR count). The fraction of sp³-hybridized carbons (Fsp3) is 0.464. The standard InChI is InChI=1S/C28H36FN5O4/c1-27(2,30)25(36)32-22(17-38-16-20-7-5-4-6-8-20)24(35)34-23-13-14-31-18-28(23,26(37)33(34)3)15-19-9-11-21(29)12-10-19/h4-12,22-23,31H,13-18,30H2,1-3H3,(H,32,36). The van der Waals surface area contributed by atoms with Crippen LogP contribution < -0.4 is 16.4 Å². The Morgan fingerprint density at radius 2 is 1.87 bits per heavy atom. The van der Waals surface area contributed by atoms with Crippen molar-refractivity contribution >= 4 is 17.7 Å². The van der Waals surface area contributed by atoms with E-state index in [2.05, 4.69) is 10.6 Å². The van der Waals surface area contributed by atoms with E-state index in [1.54, 1.807) is 33.0 Å². The van der Waals surface area contributed by atoms with Crippen LogP contribution in [-0.2, 0) is 32.1 Å². The SMILES string of the molecule is CN1C(=O)C2(Cc3ccc(F)cc3)CNCCC2N1C(=O)C(COCc1ccccc1)NC(=O)C(C)(C)N. The average molecular weight is 526 g/mol. The number of fused-ring (bicyclic) bond motifs is 1. The van der Waals surface area contributed by atoms with Crippen LogP contribution in [0.25, 0.3) is 0 Å². The quantitative estimate of drug-likeness (QED) is 0.455. The maximum absolute atomic E-state index is 14.0. The summed E-state index contributed by atoms with van der Waals surface area (Å²) in [5, 5.41) is 8.87. The fourth-order valence-corrected chi connectivity index (χ4v) is 5.22. The molecule has 3 atom stereocenters. The summed E-state index contributed by atoms with van der Waals surface area (Å²) in [5.74, 6) is -1.51. The zero-order chi connectivity index (χ0) is 27.5. The van der Waals surface area contributed by atoms with E-state index < -0.39 is 34.9 Å². The number of carbonyl (C=O) groups excluding carboxylic acids is 3. The molecule has 4 N–H and O–H groups in total. The van der Waals surface area contributed by atoms with Gasteiger partial charge in [0.1, 0.15) is 11.9 Å². The predicted octanol–water partition coefficient (Wildman–Crippen LogP) is 1.37. The van der Waals surface area contributed by atoms with Gasteiger partial charge in [-0.05, 0) is 56.5 Å². The molecular formula is C28H36FN5O4. The molecule has 3 unspecified atom stereocenters. The van der Waals surface area contributed by atoms with Crippen molar-refractivity contribution in [3.05, 3.63) is 71.5 Å². The number of hydrogen-bond acceptors (Lipinski definition) is 6. The molecule has 38 heavy (non-hydrogen) atoms. The number of piperidine rings is 1. The molecule has 0 spiro atoms. The van der Waals surface area contributed by atoms with Crippen molar-refractivity contribution < 1.29 is 23.5 Å². The van der Waals surface area contributed by atoms with Crippen molar-refractivity contribution in [3.8, 4) is 0 Å². The molecule has 9 nitrogen and oxygen atoms in total. The van der Waals surface area contributed by atoms with E-state index in [1.807, 2.05) is 30.3 Å². The van der Waals surface area contributed by atoms with Gasteiger partial charge in [0.15, 0.2) is 0 Å². The van der Waals surface area contributed by atoms with Gasteiger partial charge in [-0.3, -0.25) is 19.4 Å². The summed E-state index contributed by atoms with van der Waals surface area (Å²) in [7, 11) is 1.57. The Bertz CT molecular complexity index is 1150. The highest BCUT2D eigenvalue weighted by Gasteiger charge is 2.60. The summed E-state index contributed by atoms with van der Waals surface area (Å²) >= 11 is 0. The number of benzene rings is 2. The van der Waals surface area contributed by atoms with E-state index >= 15 is 0 Å². The van der Waals surface area contributed by atoms with Crippen molar-refractivity contribution in [2.24, 2.45) is 11.1 Å². The highest BCUT2D eigenvalue weighted by atomic mass is 19.1. The van der Waals surface area contributed by atoms with Gasteiger partial charge in [0, 0.05) is 13.6 Å². The molecule has 204 valence electrons. The van der Waals surface area contributed by atoms with Crippen molar-refractivity contribution in [3.63, 3.8) is 0 Å². The van der Waals surface area contributed by atoms with Gasteiger partial charge in [-0.1, -0.05) is 42.5 Å². The van der Waals surface area contributed by atoms with Gasteiger partial charge in [-0.15, -0.1) is 0 Å². The van der Waals surface area contributed by atoms with Gasteiger partial charge in [0.2, 0.25) is 5.91 Å². The lowest BCUT2D eigenvalue weighted by Gasteiger charge is -2.40. The smallest absolute Gasteiger partial charge is 0.266 e. The van der Waals surface area contributed by atoms with Crippen LogP contribution >= 0.6 is 0 Å². The van der Waals surface area contributed by atoms with Crippen LogP contribution in [0.3, 0.4) is 0 Å². The second kappa shape index (κ2) is 11.2. The number of amides is 3. The number of carbonyl (C=O) groups is 3. The van der Waals surface area contributed by atoms with Gasteiger partial charge in [-0.25, -0.2) is 9.40 Å². The normalized spacial score (nSPS) is 22.2.